The monoisotopic (exact) mass is 286 g/mol. The maximum atomic E-state index is 10.3. The van der Waals surface area contributed by atoms with Crippen LogP contribution in [0.25, 0.3) is 0 Å². The largest absolute Gasteiger partial charge is 0.454 e. The zero-order valence-electron chi connectivity index (χ0n) is 11.8. The fourth-order valence-corrected chi connectivity index (χ4v) is 2.30. The van der Waals surface area contributed by atoms with Gasteiger partial charge in [0.05, 0.1) is 6.10 Å². The average molecular weight is 286 g/mol. The van der Waals surface area contributed by atoms with Crippen LogP contribution in [0.1, 0.15) is 30.2 Å². The van der Waals surface area contributed by atoms with Crippen molar-refractivity contribution in [2.45, 2.75) is 19.1 Å². The van der Waals surface area contributed by atoms with Gasteiger partial charge < -0.3 is 19.9 Å². The maximum Gasteiger partial charge on any atom is 0.231 e. The molecule has 0 spiro atoms. The third-order valence-corrected chi connectivity index (χ3v) is 3.60. The Labute approximate surface area is 123 Å². The molecule has 2 aromatic rings. The molecule has 2 N–H and O–H groups in total. The first-order valence-electron chi connectivity index (χ1n) is 6.95. The summed E-state index contributed by atoms with van der Waals surface area (Å²) in [5.41, 5.74) is 1.96. The number of hydrogen-bond donors (Lipinski definition) is 2. The van der Waals surface area contributed by atoms with Crippen molar-refractivity contribution in [3.05, 3.63) is 53.9 Å². The fraction of sp³-hybridized carbons (Fsp3) is 0.312. The lowest BCUT2D eigenvalue weighted by atomic mass is 10.1. The molecular weight excluding hydrogens is 268 g/mol. The standard InChI is InChI=1S/C16H18N2O3/c1-11(12-4-6-17-7-5-12)18-9-14(19)13-2-3-15-16(8-13)21-10-20-15/h2-8,11,14,18-19H,9-10H2,1H3. The molecule has 5 heteroatoms. The van der Waals surface area contributed by atoms with E-state index < -0.39 is 6.10 Å². The molecule has 2 atom stereocenters. The molecule has 2 unspecified atom stereocenters. The Balaban J connectivity index is 1.60. The number of nitrogens with one attached hydrogen (secondary N) is 1. The molecule has 0 saturated carbocycles. The third-order valence-electron chi connectivity index (χ3n) is 3.60. The van der Waals surface area contributed by atoms with E-state index >= 15 is 0 Å². The predicted molar refractivity (Wildman–Crippen MR) is 78.2 cm³/mol. The molecule has 0 aliphatic carbocycles. The number of aromatic nitrogens is 1. The molecule has 0 amide bonds. The van der Waals surface area contributed by atoms with Gasteiger partial charge in [0, 0.05) is 25.0 Å². The van der Waals surface area contributed by atoms with Gasteiger partial charge in [-0.2, -0.15) is 0 Å². The van der Waals surface area contributed by atoms with Crippen LogP contribution in [0, 0.1) is 0 Å². The van der Waals surface area contributed by atoms with Gasteiger partial charge in [-0.25, -0.2) is 0 Å². The number of hydrogen-bond acceptors (Lipinski definition) is 5. The number of benzene rings is 1. The summed E-state index contributed by atoms with van der Waals surface area (Å²) < 4.78 is 10.6. The Morgan fingerprint density at radius 1 is 1.14 bits per heavy atom. The average Bonchev–Trinajstić information content (AvgIpc) is 3.00. The molecule has 0 radical (unpaired) electrons. The lowest BCUT2D eigenvalue weighted by molar-refractivity contribution is 0.168. The van der Waals surface area contributed by atoms with Gasteiger partial charge in [0.15, 0.2) is 11.5 Å². The highest BCUT2D eigenvalue weighted by molar-refractivity contribution is 5.45. The van der Waals surface area contributed by atoms with E-state index in [-0.39, 0.29) is 12.8 Å². The molecule has 5 nitrogen and oxygen atoms in total. The first-order chi connectivity index (χ1) is 10.2. The minimum Gasteiger partial charge on any atom is -0.454 e. The molecule has 1 aromatic heterocycles. The molecule has 1 aromatic carbocycles. The van der Waals surface area contributed by atoms with E-state index in [0.717, 1.165) is 16.9 Å². The molecule has 1 aliphatic heterocycles. The van der Waals surface area contributed by atoms with Crippen LogP contribution in [0.3, 0.4) is 0 Å². The molecule has 1 aliphatic rings. The van der Waals surface area contributed by atoms with Crippen molar-refractivity contribution in [2.24, 2.45) is 0 Å². The minimum atomic E-state index is -0.594. The summed E-state index contributed by atoms with van der Waals surface area (Å²) in [5, 5.41) is 13.6. The fourth-order valence-electron chi connectivity index (χ4n) is 2.30. The smallest absolute Gasteiger partial charge is 0.231 e. The van der Waals surface area contributed by atoms with Crippen molar-refractivity contribution < 1.29 is 14.6 Å². The quantitative estimate of drug-likeness (QED) is 0.882. The van der Waals surface area contributed by atoms with Gasteiger partial charge in [-0.3, -0.25) is 4.98 Å². The van der Waals surface area contributed by atoms with Crippen LogP contribution in [0.5, 0.6) is 11.5 Å². The normalized spacial score (nSPS) is 15.7. The molecule has 21 heavy (non-hydrogen) atoms. The number of nitrogens with zero attached hydrogens (tertiary/aromatic N) is 1. The highest BCUT2D eigenvalue weighted by Crippen LogP contribution is 2.34. The van der Waals surface area contributed by atoms with Crippen molar-refractivity contribution in [2.75, 3.05) is 13.3 Å². The van der Waals surface area contributed by atoms with E-state index in [9.17, 15) is 5.11 Å². The number of rotatable bonds is 5. The van der Waals surface area contributed by atoms with Crippen molar-refractivity contribution in [3.8, 4) is 11.5 Å². The summed E-state index contributed by atoms with van der Waals surface area (Å²) in [6.07, 6.45) is 2.94. The molecule has 0 bridgehead atoms. The van der Waals surface area contributed by atoms with Crippen LogP contribution < -0.4 is 14.8 Å². The van der Waals surface area contributed by atoms with Gasteiger partial charge in [0.1, 0.15) is 0 Å². The number of aliphatic hydroxyl groups excluding tert-OH is 1. The van der Waals surface area contributed by atoms with Crippen molar-refractivity contribution in [1.82, 2.24) is 10.3 Å². The Kier molecular flexibility index (Phi) is 4.03. The van der Waals surface area contributed by atoms with Crippen LogP contribution in [-0.4, -0.2) is 23.4 Å². The minimum absolute atomic E-state index is 0.150. The summed E-state index contributed by atoms with van der Waals surface area (Å²) in [7, 11) is 0. The van der Waals surface area contributed by atoms with Crippen molar-refractivity contribution in [1.29, 1.82) is 0 Å². The summed E-state index contributed by atoms with van der Waals surface area (Å²) >= 11 is 0. The van der Waals surface area contributed by atoms with Crippen LogP contribution in [-0.2, 0) is 0 Å². The first kappa shape index (κ1) is 13.9. The van der Waals surface area contributed by atoms with E-state index in [2.05, 4.69) is 17.2 Å². The molecule has 0 saturated heterocycles. The summed E-state index contributed by atoms with van der Waals surface area (Å²) in [6, 6.07) is 9.59. The van der Waals surface area contributed by atoms with Gasteiger partial charge in [0.25, 0.3) is 0 Å². The molecule has 2 heterocycles. The van der Waals surface area contributed by atoms with Gasteiger partial charge in [-0.1, -0.05) is 6.07 Å². The lowest BCUT2D eigenvalue weighted by Gasteiger charge is -2.17. The third kappa shape index (κ3) is 3.15. The summed E-state index contributed by atoms with van der Waals surface area (Å²) in [6.45, 7) is 2.76. The second-order valence-corrected chi connectivity index (χ2v) is 5.04. The Morgan fingerprint density at radius 3 is 2.71 bits per heavy atom. The number of aliphatic hydroxyl groups is 1. The predicted octanol–water partition coefficient (Wildman–Crippen LogP) is 2.19. The van der Waals surface area contributed by atoms with E-state index in [1.807, 2.05) is 30.3 Å². The van der Waals surface area contributed by atoms with Gasteiger partial charge >= 0.3 is 0 Å². The maximum absolute atomic E-state index is 10.3. The van der Waals surface area contributed by atoms with Crippen LogP contribution in [0.15, 0.2) is 42.7 Å². The number of ether oxygens (including phenoxy) is 2. The van der Waals surface area contributed by atoms with Crippen molar-refractivity contribution >= 4 is 0 Å². The van der Waals surface area contributed by atoms with Gasteiger partial charge in [0.2, 0.25) is 6.79 Å². The van der Waals surface area contributed by atoms with Gasteiger partial charge in [-0.15, -0.1) is 0 Å². The highest BCUT2D eigenvalue weighted by Gasteiger charge is 2.17. The zero-order chi connectivity index (χ0) is 14.7. The Bertz CT molecular complexity index is 604. The van der Waals surface area contributed by atoms with Crippen LogP contribution in [0.2, 0.25) is 0 Å². The first-order valence-corrected chi connectivity index (χ1v) is 6.95. The number of pyridine rings is 1. The molecule has 0 fully saturated rings. The SMILES string of the molecule is CC(NCC(O)c1ccc2c(c1)OCO2)c1ccncc1. The molecule has 3 rings (SSSR count). The highest BCUT2D eigenvalue weighted by atomic mass is 16.7. The second kappa shape index (κ2) is 6.11. The van der Waals surface area contributed by atoms with E-state index in [1.54, 1.807) is 12.4 Å². The summed E-state index contributed by atoms with van der Waals surface area (Å²) in [4.78, 5) is 4.00. The number of fused-ring (bicyclic) bond motifs is 1. The van der Waals surface area contributed by atoms with Crippen LogP contribution in [0.4, 0.5) is 0 Å². The van der Waals surface area contributed by atoms with E-state index in [1.165, 1.54) is 0 Å². The van der Waals surface area contributed by atoms with Crippen LogP contribution >= 0.6 is 0 Å². The molecular formula is C16H18N2O3. The second-order valence-electron chi connectivity index (χ2n) is 5.04. The zero-order valence-corrected chi connectivity index (χ0v) is 11.8. The topological polar surface area (TPSA) is 63.6 Å². The van der Waals surface area contributed by atoms with Gasteiger partial charge in [-0.05, 0) is 42.3 Å². The Morgan fingerprint density at radius 2 is 1.90 bits per heavy atom. The van der Waals surface area contributed by atoms with E-state index in [4.69, 9.17) is 9.47 Å². The van der Waals surface area contributed by atoms with Crippen molar-refractivity contribution in [3.63, 3.8) is 0 Å². The molecule has 110 valence electrons. The summed E-state index contributed by atoms with van der Waals surface area (Å²) in [5.74, 6) is 1.41. The van der Waals surface area contributed by atoms with E-state index in [0.29, 0.717) is 12.3 Å². The lowest BCUT2D eigenvalue weighted by Crippen LogP contribution is -2.24. The Hall–Kier alpha value is -2.11.